The molecule has 8 heteroatoms. The zero-order valence-corrected chi connectivity index (χ0v) is 15.8. The fourth-order valence-corrected chi connectivity index (χ4v) is 4.46. The van der Waals surface area contributed by atoms with Crippen molar-refractivity contribution in [2.45, 2.75) is 50.2 Å². The Morgan fingerprint density at radius 2 is 2.20 bits per heavy atom. The van der Waals surface area contributed by atoms with Crippen LogP contribution in [0.1, 0.15) is 53.2 Å². The predicted octanol–water partition coefficient (Wildman–Crippen LogP) is 1.78. The molecule has 0 aromatic carbocycles. The molecule has 3 aliphatic rings. The molecular weight excluding hydrogens is 384 g/mol. The van der Waals surface area contributed by atoms with Crippen LogP contribution in [0.2, 0.25) is 0 Å². The van der Waals surface area contributed by atoms with Crippen LogP contribution in [-0.2, 0) is 6.54 Å². The van der Waals surface area contributed by atoms with Crippen LogP contribution in [0.5, 0.6) is 0 Å². The Hall–Kier alpha value is -1.67. The van der Waals surface area contributed by atoms with Gasteiger partial charge < -0.3 is 16.4 Å². The summed E-state index contributed by atoms with van der Waals surface area (Å²) in [4.78, 5) is 17.2. The van der Waals surface area contributed by atoms with E-state index in [-0.39, 0.29) is 23.9 Å². The minimum Gasteiger partial charge on any atom is -0.365 e. The van der Waals surface area contributed by atoms with Gasteiger partial charge in [-0.15, -0.1) is 0 Å². The van der Waals surface area contributed by atoms with Gasteiger partial charge in [-0.05, 0) is 28.8 Å². The fraction of sp³-hybridized carbons (Fsp3) is 0.588. The van der Waals surface area contributed by atoms with Crippen molar-refractivity contribution in [3.63, 3.8) is 0 Å². The van der Waals surface area contributed by atoms with E-state index in [4.69, 9.17) is 10.7 Å². The summed E-state index contributed by atoms with van der Waals surface area (Å²) in [6.07, 6.45) is 6.32. The number of fused-ring (bicyclic) bond motifs is 1. The molecule has 2 aliphatic heterocycles. The number of nitrogens with zero attached hydrogens (tertiary/aromatic N) is 3. The van der Waals surface area contributed by atoms with Gasteiger partial charge >= 0.3 is 0 Å². The van der Waals surface area contributed by atoms with Gasteiger partial charge in [-0.3, -0.25) is 9.80 Å². The lowest BCUT2D eigenvalue weighted by Crippen LogP contribution is -2.43. The Morgan fingerprint density at radius 1 is 1.40 bits per heavy atom. The highest BCUT2D eigenvalue weighted by Gasteiger charge is 2.33. The highest BCUT2D eigenvalue weighted by molar-refractivity contribution is 9.10. The molecule has 4 N–H and O–H groups in total. The second-order valence-corrected chi connectivity index (χ2v) is 7.90. The van der Waals surface area contributed by atoms with Gasteiger partial charge in [-0.2, -0.15) is 5.10 Å². The largest absolute Gasteiger partial charge is 0.365 e. The molecule has 0 spiro atoms. The molecule has 0 radical (unpaired) electrons. The molecule has 25 heavy (non-hydrogen) atoms. The summed E-state index contributed by atoms with van der Waals surface area (Å²) in [6, 6.07) is 0.353. The maximum atomic E-state index is 12.4. The molecule has 3 heterocycles. The topological polar surface area (TPSA) is 95.6 Å². The predicted molar refractivity (Wildman–Crippen MR) is 101 cm³/mol. The van der Waals surface area contributed by atoms with E-state index in [2.05, 4.69) is 31.7 Å². The zero-order chi connectivity index (χ0) is 17.6. The minimum absolute atomic E-state index is 0.0243. The summed E-state index contributed by atoms with van der Waals surface area (Å²) in [5, 5.41) is 12.6. The lowest BCUT2D eigenvalue weighted by molar-refractivity contribution is 0.0964. The molecule has 0 bridgehead atoms. The van der Waals surface area contributed by atoms with Crippen molar-refractivity contribution in [1.82, 2.24) is 15.3 Å². The number of carbonyl (C=O) groups excluding carboxylic acids is 1. The molecule has 3 atom stereocenters. The van der Waals surface area contributed by atoms with E-state index < -0.39 is 0 Å². The standard InChI is InChI=1S/C17H23BrN6O/c1-24-8-9(6-21-24)15-13-10(7-20-17(13)25)14(18)16(23-15)22-12-5-3-2-4-11(12)19/h6,9,11-12H,2-5,7-8,19H2,1H3,(H,20,25)(H,22,23)/t9?,11-,12+/m0/s1. The first kappa shape index (κ1) is 16.8. The first-order valence-electron chi connectivity index (χ1n) is 8.82. The van der Waals surface area contributed by atoms with Crippen LogP contribution in [-0.4, -0.2) is 47.8 Å². The van der Waals surface area contributed by atoms with Crippen molar-refractivity contribution in [3.8, 4) is 0 Å². The lowest BCUT2D eigenvalue weighted by Gasteiger charge is -2.30. The van der Waals surface area contributed by atoms with Gasteiger partial charge in [0.25, 0.3) is 5.91 Å². The second kappa shape index (κ2) is 6.57. The number of rotatable bonds is 3. The van der Waals surface area contributed by atoms with E-state index in [0.717, 1.165) is 40.9 Å². The number of nitrogens with two attached hydrogens (primary N) is 1. The highest BCUT2D eigenvalue weighted by atomic mass is 79.9. The molecule has 1 amide bonds. The van der Waals surface area contributed by atoms with Gasteiger partial charge in [0, 0.05) is 44.0 Å². The average molecular weight is 407 g/mol. The number of likely N-dealkylation sites (N-methyl/N-ethyl adjacent to an activating group) is 1. The Balaban J connectivity index is 1.72. The lowest BCUT2D eigenvalue weighted by atomic mass is 9.91. The molecule has 4 rings (SSSR count). The first-order valence-corrected chi connectivity index (χ1v) is 9.61. The third-order valence-electron chi connectivity index (χ3n) is 5.31. The van der Waals surface area contributed by atoms with E-state index in [9.17, 15) is 4.79 Å². The summed E-state index contributed by atoms with van der Waals surface area (Å²) in [5.74, 6) is 0.758. The number of carbonyl (C=O) groups is 1. The average Bonchev–Trinajstić information content (AvgIpc) is 3.19. The van der Waals surface area contributed by atoms with Gasteiger partial charge in [0.1, 0.15) is 5.82 Å². The monoisotopic (exact) mass is 406 g/mol. The molecule has 1 fully saturated rings. The van der Waals surface area contributed by atoms with Crippen LogP contribution in [0.25, 0.3) is 0 Å². The molecule has 0 saturated heterocycles. The normalized spacial score (nSPS) is 28.2. The molecular formula is C17H23BrN6O. The summed E-state index contributed by atoms with van der Waals surface area (Å²) in [5.41, 5.74) is 8.76. The van der Waals surface area contributed by atoms with E-state index in [1.54, 1.807) is 0 Å². The van der Waals surface area contributed by atoms with Crippen LogP contribution < -0.4 is 16.4 Å². The van der Waals surface area contributed by atoms with Gasteiger partial charge in [-0.1, -0.05) is 12.8 Å². The SMILES string of the molecule is CN1CC(c2nc(N[C@@H]3CCCC[C@@H]3N)c(Br)c3c2C(=O)NC3)C=N1. The third-order valence-corrected chi connectivity index (χ3v) is 6.17. The molecule has 7 nitrogen and oxygen atoms in total. The van der Waals surface area contributed by atoms with Crippen LogP contribution >= 0.6 is 15.9 Å². The number of amides is 1. The summed E-state index contributed by atoms with van der Waals surface area (Å²) in [7, 11) is 1.93. The van der Waals surface area contributed by atoms with Gasteiger partial charge in [0.15, 0.2) is 0 Å². The Kier molecular flexibility index (Phi) is 4.41. The Morgan fingerprint density at radius 3 is 2.92 bits per heavy atom. The number of nitrogens with one attached hydrogen (secondary N) is 2. The van der Waals surface area contributed by atoms with Gasteiger partial charge in [0.05, 0.1) is 21.6 Å². The van der Waals surface area contributed by atoms with E-state index in [1.807, 2.05) is 18.3 Å². The van der Waals surface area contributed by atoms with Crippen LogP contribution in [0.3, 0.4) is 0 Å². The van der Waals surface area contributed by atoms with Crippen LogP contribution in [0, 0.1) is 0 Å². The molecule has 1 unspecified atom stereocenters. The fourth-order valence-electron chi connectivity index (χ4n) is 3.92. The molecule has 1 aliphatic carbocycles. The number of hydrazone groups is 1. The first-order chi connectivity index (χ1) is 12.0. The maximum Gasteiger partial charge on any atom is 0.253 e. The molecule has 1 aromatic heterocycles. The number of halogens is 1. The summed E-state index contributed by atoms with van der Waals surface area (Å²) < 4.78 is 0.866. The van der Waals surface area contributed by atoms with E-state index in [1.165, 1.54) is 12.8 Å². The highest BCUT2D eigenvalue weighted by Crippen LogP contribution is 2.36. The molecule has 1 aromatic rings. The Bertz CT molecular complexity index is 736. The number of hydrogen-bond acceptors (Lipinski definition) is 6. The molecule has 1 saturated carbocycles. The van der Waals surface area contributed by atoms with Crippen molar-refractivity contribution in [2.75, 3.05) is 18.9 Å². The smallest absolute Gasteiger partial charge is 0.253 e. The zero-order valence-electron chi connectivity index (χ0n) is 14.3. The van der Waals surface area contributed by atoms with Gasteiger partial charge in [-0.25, -0.2) is 4.98 Å². The minimum atomic E-state index is -0.0536. The number of anilines is 1. The van der Waals surface area contributed by atoms with Crippen molar-refractivity contribution < 1.29 is 4.79 Å². The van der Waals surface area contributed by atoms with E-state index >= 15 is 0 Å². The van der Waals surface area contributed by atoms with Crippen molar-refractivity contribution >= 4 is 33.9 Å². The number of hydrogen-bond donors (Lipinski definition) is 3. The molecule has 134 valence electrons. The Labute approximate surface area is 155 Å². The summed E-state index contributed by atoms with van der Waals surface area (Å²) >= 11 is 3.66. The van der Waals surface area contributed by atoms with Crippen LogP contribution in [0.15, 0.2) is 9.57 Å². The van der Waals surface area contributed by atoms with Crippen LogP contribution in [0.4, 0.5) is 5.82 Å². The number of pyridine rings is 1. The third kappa shape index (κ3) is 3.01. The van der Waals surface area contributed by atoms with E-state index in [0.29, 0.717) is 12.1 Å². The maximum absolute atomic E-state index is 12.4. The number of aromatic nitrogens is 1. The quantitative estimate of drug-likeness (QED) is 0.710. The van der Waals surface area contributed by atoms with Crippen molar-refractivity contribution in [1.29, 1.82) is 0 Å². The van der Waals surface area contributed by atoms with Crippen molar-refractivity contribution in [2.24, 2.45) is 10.8 Å². The second-order valence-electron chi connectivity index (χ2n) is 7.11. The summed E-state index contributed by atoms with van der Waals surface area (Å²) in [6.45, 7) is 1.26. The van der Waals surface area contributed by atoms with Crippen molar-refractivity contribution in [3.05, 3.63) is 21.3 Å². The van der Waals surface area contributed by atoms with Gasteiger partial charge in [0.2, 0.25) is 0 Å².